The number of carbonyl (C=O) groups excluding carboxylic acids is 1. The monoisotopic (exact) mass is 446 g/mol. The van der Waals surface area contributed by atoms with Gasteiger partial charge in [0.15, 0.2) is 17.3 Å². The zero-order valence-corrected chi connectivity index (χ0v) is 16.7. The smallest absolute Gasteiger partial charge is 0.341 e. The molecule has 31 heavy (non-hydrogen) atoms. The van der Waals surface area contributed by atoms with Gasteiger partial charge in [-0.1, -0.05) is 0 Å². The van der Waals surface area contributed by atoms with E-state index in [1.807, 2.05) is 0 Å². The summed E-state index contributed by atoms with van der Waals surface area (Å²) in [5.41, 5.74) is -1.32. The topological polar surface area (TPSA) is 131 Å². The Morgan fingerprint density at radius 2 is 2.13 bits per heavy atom. The minimum Gasteiger partial charge on any atom is -0.477 e. The number of nitrogens with zero attached hydrogens (tertiary/aromatic N) is 6. The van der Waals surface area contributed by atoms with Gasteiger partial charge in [0, 0.05) is 30.8 Å². The van der Waals surface area contributed by atoms with Crippen molar-refractivity contribution in [3.8, 4) is 5.13 Å². The van der Waals surface area contributed by atoms with E-state index in [0.29, 0.717) is 13.2 Å². The normalized spacial score (nSPS) is 16.7. The van der Waals surface area contributed by atoms with Crippen LogP contribution in [0.3, 0.4) is 0 Å². The van der Waals surface area contributed by atoms with Gasteiger partial charge < -0.3 is 10.0 Å². The van der Waals surface area contributed by atoms with Crippen LogP contribution >= 0.6 is 11.5 Å². The van der Waals surface area contributed by atoms with Crippen LogP contribution in [-0.4, -0.2) is 67.2 Å². The summed E-state index contributed by atoms with van der Waals surface area (Å²) >= 11 is 0.969. The van der Waals surface area contributed by atoms with Crippen LogP contribution in [0.25, 0.3) is 16.2 Å². The molecule has 11 nitrogen and oxygen atoms in total. The van der Waals surface area contributed by atoms with Crippen LogP contribution in [-0.2, 0) is 9.63 Å². The Kier molecular flexibility index (Phi) is 4.63. The fourth-order valence-corrected chi connectivity index (χ4v) is 4.15. The summed E-state index contributed by atoms with van der Waals surface area (Å²) < 4.78 is 20.1. The number of carbonyl (C=O) groups is 2. The SMILES string of the molecule is O=C(O)c1cn(-c2ncns2)c2nc(N3CC(C(=O)N4CCCO4)C3)c(F)cc2c1=O. The Morgan fingerprint density at radius 1 is 1.32 bits per heavy atom. The summed E-state index contributed by atoms with van der Waals surface area (Å²) in [6.07, 6.45) is 3.17. The minimum atomic E-state index is -1.44. The van der Waals surface area contributed by atoms with E-state index >= 15 is 0 Å². The summed E-state index contributed by atoms with van der Waals surface area (Å²) in [7, 11) is 0. The molecule has 160 valence electrons. The highest BCUT2D eigenvalue weighted by Gasteiger charge is 2.39. The van der Waals surface area contributed by atoms with Crippen molar-refractivity contribution < 1.29 is 23.9 Å². The highest BCUT2D eigenvalue weighted by atomic mass is 32.1. The average Bonchev–Trinajstić information content (AvgIpc) is 3.42. The van der Waals surface area contributed by atoms with Crippen LogP contribution in [0.1, 0.15) is 16.8 Å². The van der Waals surface area contributed by atoms with E-state index in [1.54, 1.807) is 4.90 Å². The first-order chi connectivity index (χ1) is 14.9. The predicted molar refractivity (Wildman–Crippen MR) is 106 cm³/mol. The fraction of sp³-hybridized carbons (Fsp3) is 0.333. The minimum absolute atomic E-state index is 0.0281. The molecular weight excluding hydrogens is 431 g/mol. The number of hydrogen-bond acceptors (Lipinski definition) is 9. The highest BCUT2D eigenvalue weighted by Crippen LogP contribution is 2.30. The first-order valence-corrected chi connectivity index (χ1v) is 10.2. The molecule has 0 radical (unpaired) electrons. The number of fused-ring (bicyclic) bond motifs is 1. The fourth-order valence-electron chi connectivity index (χ4n) is 3.64. The van der Waals surface area contributed by atoms with E-state index in [2.05, 4.69) is 14.3 Å². The number of aromatic carboxylic acids is 1. The summed E-state index contributed by atoms with van der Waals surface area (Å²) in [5.74, 6) is -2.73. The number of aromatic nitrogens is 4. The maximum Gasteiger partial charge on any atom is 0.341 e. The van der Waals surface area contributed by atoms with Crippen LogP contribution in [0.4, 0.5) is 10.2 Å². The van der Waals surface area contributed by atoms with Crippen molar-refractivity contribution in [1.29, 1.82) is 0 Å². The number of halogens is 1. The number of hydrogen-bond donors (Lipinski definition) is 1. The Morgan fingerprint density at radius 3 is 2.77 bits per heavy atom. The molecule has 0 atom stereocenters. The second kappa shape index (κ2) is 7.35. The molecule has 0 saturated carbocycles. The lowest BCUT2D eigenvalue weighted by Gasteiger charge is -2.40. The molecule has 13 heteroatoms. The van der Waals surface area contributed by atoms with Crippen LogP contribution in [0.5, 0.6) is 0 Å². The maximum absolute atomic E-state index is 14.9. The molecule has 3 aromatic rings. The van der Waals surface area contributed by atoms with Crippen molar-refractivity contribution in [3.63, 3.8) is 0 Å². The Labute approximate surface area is 177 Å². The number of pyridine rings is 2. The van der Waals surface area contributed by atoms with Crippen molar-refractivity contribution in [2.24, 2.45) is 5.92 Å². The van der Waals surface area contributed by atoms with Crippen LogP contribution in [0.2, 0.25) is 0 Å². The lowest BCUT2D eigenvalue weighted by atomic mass is 9.99. The first kappa shape index (κ1) is 19.5. The van der Waals surface area contributed by atoms with E-state index in [-0.39, 0.29) is 46.9 Å². The van der Waals surface area contributed by atoms with E-state index < -0.39 is 22.8 Å². The summed E-state index contributed by atoms with van der Waals surface area (Å²) in [6, 6.07) is 0.975. The zero-order chi connectivity index (χ0) is 21.7. The quantitative estimate of drug-likeness (QED) is 0.614. The second-order valence-electron chi connectivity index (χ2n) is 7.16. The first-order valence-electron chi connectivity index (χ1n) is 9.39. The molecule has 2 aliphatic rings. The molecule has 0 aromatic carbocycles. The van der Waals surface area contributed by atoms with Crippen LogP contribution in [0.15, 0.2) is 23.4 Å². The van der Waals surface area contributed by atoms with E-state index in [1.165, 1.54) is 16.0 Å². The number of rotatable bonds is 4. The predicted octanol–water partition coefficient (Wildman–Crippen LogP) is 0.675. The molecule has 3 aromatic heterocycles. The van der Waals surface area contributed by atoms with Gasteiger partial charge in [-0.05, 0) is 12.5 Å². The average molecular weight is 446 g/mol. The van der Waals surface area contributed by atoms with E-state index in [9.17, 15) is 23.9 Å². The second-order valence-corrected chi connectivity index (χ2v) is 7.92. The third kappa shape index (κ3) is 3.21. The molecule has 5 rings (SSSR count). The molecule has 0 unspecified atom stereocenters. The van der Waals surface area contributed by atoms with Gasteiger partial charge in [-0.25, -0.2) is 24.2 Å². The van der Waals surface area contributed by atoms with Gasteiger partial charge in [0.25, 0.3) is 5.91 Å². The van der Waals surface area contributed by atoms with Crippen LogP contribution in [0, 0.1) is 11.7 Å². The Balaban J connectivity index is 1.54. The molecule has 1 N–H and O–H groups in total. The largest absolute Gasteiger partial charge is 0.477 e. The molecule has 0 bridgehead atoms. The zero-order valence-electron chi connectivity index (χ0n) is 15.9. The van der Waals surface area contributed by atoms with Gasteiger partial charge in [-0.3, -0.25) is 19.0 Å². The molecular formula is C18H15FN6O5S. The van der Waals surface area contributed by atoms with Gasteiger partial charge in [0.2, 0.25) is 10.6 Å². The maximum atomic E-state index is 14.9. The van der Waals surface area contributed by atoms with Gasteiger partial charge >= 0.3 is 5.97 Å². The number of amides is 1. The Hall–Kier alpha value is -3.45. The third-order valence-corrected chi connectivity index (χ3v) is 5.89. The number of hydroxylamine groups is 2. The molecule has 0 aliphatic carbocycles. The van der Waals surface area contributed by atoms with E-state index in [0.717, 1.165) is 30.2 Å². The number of carboxylic acid groups (broad SMARTS) is 1. The summed E-state index contributed by atoms with van der Waals surface area (Å²) in [5, 5.41) is 10.8. The summed E-state index contributed by atoms with van der Waals surface area (Å²) in [4.78, 5) is 51.7. The number of anilines is 1. The van der Waals surface area contributed by atoms with Crippen molar-refractivity contribution in [2.45, 2.75) is 6.42 Å². The van der Waals surface area contributed by atoms with Gasteiger partial charge in [-0.2, -0.15) is 4.37 Å². The van der Waals surface area contributed by atoms with E-state index in [4.69, 9.17) is 4.84 Å². The van der Waals surface area contributed by atoms with Crippen LogP contribution < -0.4 is 10.3 Å². The molecule has 5 heterocycles. The Bertz CT molecular complexity index is 1250. The highest BCUT2D eigenvalue weighted by molar-refractivity contribution is 7.08. The lowest BCUT2D eigenvalue weighted by molar-refractivity contribution is -0.174. The molecule has 2 fully saturated rings. The van der Waals surface area contributed by atoms with Gasteiger partial charge in [-0.15, -0.1) is 0 Å². The molecule has 2 aliphatic heterocycles. The standard InChI is InChI=1S/C18H15FN6O5S/c19-12-4-10-13(26)11(17(28)29)7-24(18-20-8-21-31-18)14(10)22-15(12)23-5-9(6-23)16(27)25-2-1-3-30-25/h4,7-9H,1-3,5-6H2,(H,28,29). The van der Waals surface area contributed by atoms with Crippen molar-refractivity contribution in [1.82, 2.24) is 24.0 Å². The van der Waals surface area contributed by atoms with Gasteiger partial charge in [0.05, 0.1) is 24.5 Å². The molecule has 0 spiro atoms. The van der Waals surface area contributed by atoms with Crippen molar-refractivity contribution in [2.75, 3.05) is 31.1 Å². The molecule has 2 saturated heterocycles. The molecule has 1 amide bonds. The lowest BCUT2D eigenvalue weighted by Crippen LogP contribution is -2.54. The van der Waals surface area contributed by atoms with Crippen molar-refractivity contribution in [3.05, 3.63) is 40.2 Å². The third-order valence-electron chi connectivity index (χ3n) is 5.23. The van der Waals surface area contributed by atoms with Gasteiger partial charge in [0.1, 0.15) is 11.9 Å². The number of carboxylic acids is 1. The van der Waals surface area contributed by atoms with Crippen molar-refractivity contribution >= 4 is 40.3 Å². The summed E-state index contributed by atoms with van der Waals surface area (Å²) in [6.45, 7) is 1.55.